The monoisotopic (exact) mass is 305 g/mol. The SMILES string of the molecule is Oc1[nH]c2c(Cl)cc(Cl)cc2c1N=Nc1ccccc1. The summed E-state index contributed by atoms with van der Waals surface area (Å²) in [4.78, 5) is 2.77. The molecule has 20 heavy (non-hydrogen) atoms. The smallest absolute Gasteiger partial charge is 0.218 e. The lowest BCUT2D eigenvalue weighted by molar-refractivity contribution is 0.459. The van der Waals surface area contributed by atoms with Gasteiger partial charge >= 0.3 is 0 Å². The van der Waals surface area contributed by atoms with Crippen molar-refractivity contribution >= 4 is 45.5 Å². The Morgan fingerprint density at radius 3 is 2.50 bits per heavy atom. The molecule has 4 nitrogen and oxygen atoms in total. The topological polar surface area (TPSA) is 60.7 Å². The Kier molecular flexibility index (Phi) is 3.34. The van der Waals surface area contributed by atoms with Gasteiger partial charge in [0.1, 0.15) is 0 Å². The van der Waals surface area contributed by atoms with Crippen LogP contribution < -0.4 is 0 Å². The number of halogens is 2. The molecule has 3 aromatic rings. The van der Waals surface area contributed by atoms with E-state index in [1.807, 2.05) is 30.3 Å². The van der Waals surface area contributed by atoms with Crippen molar-refractivity contribution < 1.29 is 5.11 Å². The van der Waals surface area contributed by atoms with Gasteiger partial charge in [-0.15, -0.1) is 5.11 Å². The molecule has 1 aromatic heterocycles. The molecule has 0 saturated carbocycles. The molecule has 0 unspecified atom stereocenters. The molecule has 0 fully saturated rings. The maximum atomic E-state index is 9.92. The zero-order valence-corrected chi connectivity index (χ0v) is 11.7. The van der Waals surface area contributed by atoms with Crippen LogP contribution in [0.2, 0.25) is 10.0 Å². The second kappa shape index (κ2) is 5.15. The lowest BCUT2D eigenvalue weighted by atomic mass is 10.2. The van der Waals surface area contributed by atoms with Gasteiger partial charge in [-0.25, -0.2) is 0 Å². The van der Waals surface area contributed by atoms with Crippen molar-refractivity contribution in [1.29, 1.82) is 0 Å². The van der Waals surface area contributed by atoms with Gasteiger partial charge in [-0.3, -0.25) is 0 Å². The van der Waals surface area contributed by atoms with E-state index in [4.69, 9.17) is 23.2 Å². The van der Waals surface area contributed by atoms with Crippen LogP contribution in [0.5, 0.6) is 5.88 Å². The Labute approximate surface area is 124 Å². The molecule has 2 N–H and O–H groups in total. The number of rotatable bonds is 2. The first-order chi connectivity index (χ1) is 9.65. The van der Waals surface area contributed by atoms with Gasteiger partial charge in [0.15, 0.2) is 5.69 Å². The quantitative estimate of drug-likeness (QED) is 0.595. The van der Waals surface area contributed by atoms with Crippen LogP contribution in [0.15, 0.2) is 52.7 Å². The molecule has 0 amide bonds. The van der Waals surface area contributed by atoms with Crippen LogP contribution in [-0.4, -0.2) is 10.1 Å². The van der Waals surface area contributed by atoms with E-state index in [-0.39, 0.29) is 5.88 Å². The maximum Gasteiger partial charge on any atom is 0.218 e. The van der Waals surface area contributed by atoms with Gasteiger partial charge in [-0.2, -0.15) is 5.11 Å². The van der Waals surface area contributed by atoms with Crippen molar-refractivity contribution in [3.05, 3.63) is 52.5 Å². The number of nitrogens with one attached hydrogen (secondary N) is 1. The zero-order chi connectivity index (χ0) is 14.1. The van der Waals surface area contributed by atoms with Crippen LogP contribution in [0, 0.1) is 0 Å². The van der Waals surface area contributed by atoms with Gasteiger partial charge in [-0.1, -0.05) is 41.4 Å². The average Bonchev–Trinajstić information content (AvgIpc) is 2.74. The van der Waals surface area contributed by atoms with Crippen LogP contribution in [0.3, 0.4) is 0 Å². The van der Waals surface area contributed by atoms with Crippen LogP contribution >= 0.6 is 23.2 Å². The molecule has 6 heteroatoms. The highest BCUT2D eigenvalue weighted by atomic mass is 35.5. The lowest BCUT2D eigenvalue weighted by Crippen LogP contribution is -1.71. The van der Waals surface area contributed by atoms with Crippen LogP contribution in [0.25, 0.3) is 10.9 Å². The summed E-state index contributed by atoms with van der Waals surface area (Å²) in [6.45, 7) is 0. The minimum atomic E-state index is -0.0937. The fourth-order valence-corrected chi connectivity index (χ4v) is 2.44. The molecule has 1 heterocycles. The number of fused-ring (bicyclic) bond motifs is 1. The van der Waals surface area contributed by atoms with Gasteiger partial charge < -0.3 is 10.1 Å². The zero-order valence-electron chi connectivity index (χ0n) is 10.1. The van der Waals surface area contributed by atoms with Crippen molar-refractivity contribution in [1.82, 2.24) is 4.98 Å². The largest absolute Gasteiger partial charge is 0.493 e. The fourth-order valence-electron chi connectivity index (χ4n) is 1.90. The number of nitrogens with zero attached hydrogens (tertiary/aromatic N) is 2. The molecule has 0 atom stereocenters. The number of hydrogen-bond donors (Lipinski definition) is 2. The first-order valence-electron chi connectivity index (χ1n) is 5.81. The Bertz CT molecular complexity index is 797. The number of azo groups is 1. The number of H-pyrrole nitrogens is 1. The number of benzene rings is 2. The van der Waals surface area contributed by atoms with E-state index in [9.17, 15) is 5.11 Å². The molecule has 0 aliphatic heterocycles. The molecule has 3 rings (SSSR count). The second-order valence-corrected chi connectivity index (χ2v) is 5.01. The third-order valence-electron chi connectivity index (χ3n) is 2.80. The number of aromatic amines is 1. The summed E-state index contributed by atoms with van der Waals surface area (Å²) in [5.74, 6) is -0.0937. The third kappa shape index (κ3) is 2.35. The van der Waals surface area contributed by atoms with Crippen LogP contribution in [0.1, 0.15) is 0 Å². The summed E-state index contributed by atoms with van der Waals surface area (Å²) in [6, 6.07) is 12.5. The predicted octanol–water partition coefficient (Wildman–Crippen LogP) is 5.60. The second-order valence-electron chi connectivity index (χ2n) is 4.17. The highest BCUT2D eigenvalue weighted by Gasteiger charge is 2.13. The summed E-state index contributed by atoms with van der Waals surface area (Å²) in [6.07, 6.45) is 0. The minimum Gasteiger partial charge on any atom is -0.493 e. The summed E-state index contributed by atoms with van der Waals surface area (Å²) >= 11 is 12.0. The van der Waals surface area contributed by atoms with Crippen molar-refractivity contribution in [2.24, 2.45) is 10.2 Å². The maximum absolute atomic E-state index is 9.92. The Morgan fingerprint density at radius 1 is 1.00 bits per heavy atom. The standard InChI is InChI=1S/C14H9Cl2N3O/c15-8-6-10-12(11(16)7-8)17-14(20)13(10)19-18-9-4-2-1-3-5-9/h1-7,17,20H. The van der Waals surface area contributed by atoms with Crippen molar-refractivity contribution in [3.63, 3.8) is 0 Å². The Balaban J connectivity index is 2.12. The van der Waals surface area contributed by atoms with E-state index < -0.39 is 0 Å². The molecular weight excluding hydrogens is 297 g/mol. The number of aromatic nitrogens is 1. The van der Waals surface area contributed by atoms with E-state index >= 15 is 0 Å². The van der Waals surface area contributed by atoms with Crippen molar-refractivity contribution in [2.75, 3.05) is 0 Å². The first kappa shape index (κ1) is 13.0. The first-order valence-corrected chi connectivity index (χ1v) is 6.57. The van der Waals surface area contributed by atoms with Crippen molar-refractivity contribution in [3.8, 4) is 5.88 Å². The number of hydrogen-bond acceptors (Lipinski definition) is 3. The highest BCUT2D eigenvalue weighted by molar-refractivity contribution is 6.38. The van der Waals surface area contributed by atoms with Gasteiger partial charge in [-0.05, 0) is 24.3 Å². The van der Waals surface area contributed by atoms with E-state index in [1.54, 1.807) is 12.1 Å². The van der Waals surface area contributed by atoms with Gasteiger partial charge in [0, 0.05) is 10.4 Å². The van der Waals surface area contributed by atoms with E-state index in [0.29, 0.717) is 32.3 Å². The fraction of sp³-hybridized carbons (Fsp3) is 0. The van der Waals surface area contributed by atoms with E-state index in [0.717, 1.165) is 0 Å². The Hall–Kier alpha value is -2.04. The molecule has 0 aliphatic carbocycles. The molecule has 100 valence electrons. The number of aromatic hydroxyl groups is 1. The molecule has 0 bridgehead atoms. The molecule has 0 aliphatic rings. The summed E-state index contributed by atoms with van der Waals surface area (Å²) in [5, 5.41) is 19.6. The van der Waals surface area contributed by atoms with E-state index in [2.05, 4.69) is 15.2 Å². The van der Waals surface area contributed by atoms with Crippen LogP contribution in [-0.2, 0) is 0 Å². The molecule has 0 radical (unpaired) electrons. The summed E-state index contributed by atoms with van der Waals surface area (Å²) in [5.41, 5.74) is 1.58. The van der Waals surface area contributed by atoms with Gasteiger partial charge in [0.05, 0.1) is 16.2 Å². The molecular formula is C14H9Cl2N3O. The predicted molar refractivity (Wildman–Crippen MR) is 80.6 cm³/mol. The third-order valence-corrected chi connectivity index (χ3v) is 3.32. The summed E-state index contributed by atoms with van der Waals surface area (Å²) in [7, 11) is 0. The van der Waals surface area contributed by atoms with Gasteiger partial charge in [0.2, 0.25) is 5.88 Å². The molecule has 0 saturated heterocycles. The normalized spacial score (nSPS) is 11.5. The Morgan fingerprint density at radius 2 is 1.75 bits per heavy atom. The minimum absolute atomic E-state index is 0.0937. The average molecular weight is 306 g/mol. The van der Waals surface area contributed by atoms with Gasteiger partial charge in [0.25, 0.3) is 0 Å². The lowest BCUT2D eigenvalue weighted by Gasteiger charge is -1.96. The molecule has 2 aromatic carbocycles. The summed E-state index contributed by atoms with van der Waals surface area (Å²) < 4.78 is 0. The molecule has 0 spiro atoms. The van der Waals surface area contributed by atoms with E-state index in [1.165, 1.54) is 0 Å². The van der Waals surface area contributed by atoms with Crippen molar-refractivity contribution in [2.45, 2.75) is 0 Å². The highest BCUT2D eigenvalue weighted by Crippen LogP contribution is 2.40. The van der Waals surface area contributed by atoms with Crippen LogP contribution in [0.4, 0.5) is 11.4 Å².